The minimum Gasteiger partial charge on any atom is -0.353 e. The van der Waals surface area contributed by atoms with Gasteiger partial charge in [0, 0.05) is 31.7 Å². The highest BCUT2D eigenvalue weighted by Gasteiger charge is 2.29. The number of rotatable bonds is 2. The summed E-state index contributed by atoms with van der Waals surface area (Å²) in [6, 6.07) is 6.15. The number of amides is 1. The third-order valence-corrected chi connectivity index (χ3v) is 5.39. The first-order valence-electron chi connectivity index (χ1n) is 9.22. The minimum atomic E-state index is -0.471. The van der Waals surface area contributed by atoms with E-state index in [2.05, 4.69) is 20.0 Å². The van der Waals surface area contributed by atoms with E-state index >= 15 is 0 Å². The molecule has 0 spiro atoms. The summed E-state index contributed by atoms with van der Waals surface area (Å²) >= 11 is 0. The number of anilines is 1. The fourth-order valence-electron chi connectivity index (χ4n) is 4.05. The van der Waals surface area contributed by atoms with E-state index < -0.39 is 5.82 Å². The van der Waals surface area contributed by atoms with Crippen molar-refractivity contribution in [1.82, 2.24) is 24.5 Å². The maximum atomic E-state index is 13.9. The van der Waals surface area contributed by atoms with E-state index in [0.717, 1.165) is 30.8 Å². The van der Waals surface area contributed by atoms with E-state index in [4.69, 9.17) is 0 Å². The average molecular weight is 366 g/mol. The van der Waals surface area contributed by atoms with Gasteiger partial charge in [0.2, 0.25) is 0 Å². The summed E-state index contributed by atoms with van der Waals surface area (Å²) < 4.78 is 15.7. The highest BCUT2D eigenvalue weighted by atomic mass is 19.1. The molecule has 27 heavy (non-hydrogen) atoms. The summed E-state index contributed by atoms with van der Waals surface area (Å²) in [5.74, 6) is 0.943. The molecule has 0 radical (unpaired) electrons. The molecule has 0 bridgehead atoms. The molecule has 138 valence electrons. The monoisotopic (exact) mass is 366 g/mol. The number of piperazine rings is 1. The normalized spacial score (nSPS) is 16.8. The molecule has 0 atom stereocenters. The lowest BCUT2D eigenvalue weighted by molar-refractivity contribution is 0.0741. The number of fused-ring (bicyclic) bond motifs is 2. The Hall–Kier alpha value is -3.03. The minimum absolute atomic E-state index is 0.134. The van der Waals surface area contributed by atoms with Gasteiger partial charge in [0.1, 0.15) is 18.0 Å². The summed E-state index contributed by atoms with van der Waals surface area (Å²) in [5.41, 5.74) is 2.48. The summed E-state index contributed by atoms with van der Waals surface area (Å²) in [4.78, 5) is 25.5. The molecule has 0 unspecified atom stereocenters. The van der Waals surface area contributed by atoms with Gasteiger partial charge in [-0.3, -0.25) is 4.79 Å². The fourth-order valence-corrected chi connectivity index (χ4v) is 4.05. The molecule has 0 saturated carbocycles. The Balaban J connectivity index is 1.40. The van der Waals surface area contributed by atoms with Crippen LogP contribution < -0.4 is 4.90 Å². The smallest absolute Gasteiger partial charge is 0.256 e. The van der Waals surface area contributed by atoms with Crippen LogP contribution >= 0.6 is 0 Å². The van der Waals surface area contributed by atoms with Crippen molar-refractivity contribution >= 4 is 17.5 Å². The lowest BCUT2D eigenvalue weighted by Crippen LogP contribution is -2.49. The van der Waals surface area contributed by atoms with E-state index in [1.807, 2.05) is 0 Å². The zero-order chi connectivity index (χ0) is 18.4. The van der Waals surface area contributed by atoms with Crippen LogP contribution in [0.15, 0.2) is 30.6 Å². The molecule has 8 heteroatoms. The Bertz CT molecular complexity index is 1020. The average Bonchev–Trinajstić information content (AvgIpc) is 3.35. The molecule has 1 aliphatic carbocycles. The Morgan fingerprint density at radius 3 is 2.70 bits per heavy atom. The van der Waals surface area contributed by atoms with E-state index in [0.29, 0.717) is 32.0 Å². The maximum absolute atomic E-state index is 13.9. The fraction of sp³-hybridized carbons (Fsp3) is 0.368. The van der Waals surface area contributed by atoms with Gasteiger partial charge in [-0.25, -0.2) is 9.37 Å². The van der Waals surface area contributed by atoms with Gasteiger partial charge in [0.15, 0.2) is 0 Å². The van der Waals surface area contributed by atoms with Gasteiger partial charge in [-0.15, -0.1) is 0 Å². The van der Waals surface area contributed by atoms with Crippen LogP contribution in [0.5, 0.6) is 0 Å². The molecule has 2 aromatic heterocycles. The number of carbonyl (C=O) groups excluding carboxylic acids is 1. The Kier molecular flexibility index (Phi) is 3.77. The van der Waals surface area contributed by atoms with Crippen molar-refractivity contribution in [2.45, 2.75) is 19.3 Å². The first-order valence-corrected chi connectivity index (χ1v) is 9.22. The zero-order valence-electron chi connectivity index (χ0n) is 14.8. The molecule has 5 rings (SSSR count). The van der Waals surface area contributed by atoms with Crippen LogP contribution in [0.3, 0.4) is 0 Å². The van der Waals surface area contributed by atoms with Crippen molar-refractivity contribution in [2.75, 3.05) is 31.1 Å². The molecule has 0 N–H and O–H groups in total. The number of benzene rings is 1. The third-order valence-electron chi connectivity index (χ3n) is 5.39. The molecule has 1 saturated heterocycles. The van der Waals surface area contributed by atoms with Gasteiger partial charge in [0.25, 0.3) is 11.7 Å². The zero-order valence-corrected chi connectivity index (χ0v) is 14.8. The van der Waals surface area contributed by atoms with Crippen LogP contribution in [-0.4, -0.2) is 56.6 Å². The van der Waals surface area contributed by atoms with Crippen molar-refractivity contribution in [3.63, 3.8) is 0 Å². The Morgan fingerprint density at radius 2 is 1.89 bits per heavy atom. The molecular weight excluding hydrogens is 347 g/mol. The number of halogens is 1. The SMILES string of the molecule is O=C(c1ccccc1F)N1CCN(c2c3c(nc4ncnn24)CCC3)CC1. The van der Waals surface area contributed by atoms with Gasteiger partial charge in [0.05, 0.1) is 11.3 Å². The van der Waals surface area contributed by atoms with Crippen molar-refractivity contribution in [3.8, 4) is 0 Å². The molecule has 2 aliphatic rings. The second-order valence-corrected chi connectivity index (χ2v) is 6.95. The van der Waals surface area contributed by atoms with E-state index in [1.54, 1.807) is 27.6 Å². The van der Waals surface area contributed by atoms with E-state index in [9.17, 15) is 9.18 Å². The Labute approximate surface area is 155 Å². The second kappa shape index (κ2) is 6.29. The first kappa shape index (κ1) is 16.2. The predicted octanol–water partition coefficient (Wildman–Crippen LogP) is 1.71. The number of aromatic nitrogens is 4. The molecule has 1 aromatic carbocycles. The summed E-state index contributed by atoms with van der Waals surface area (Å²) in [7, 11) is 0. The van der Waals surface area contributed by atoms with Crippen LogP contribution in [0.25, 0.3) is 5.78 Å². The van der Waals surface area contributed by atoms with E-state index in [1.165, 1.54) is 18.0 Å². The van der Waals surface area contributed by atoms with Crippen LogP contribution in [0.1, 0.15) is 28.0 Å². The number of hydrogen-bond donors (Lipinski definition) is 0. The van der Waals surface area contributed by atoms with Crippen molar-refractivity contribution in [3.05, 3.63) is 53.2 Å². The molecule has 3 aromatic rings. The van der Waals surface area contributed by atoms with Gasteiger partial charge in [-0.2, -0.15) is 14.6 Å². The maximum Gasteiger partial charge on any atom is 0.256 e. The van der Waals surface area contributed by atoms with Crippen molar-refractivity contribution < 1.29 is 9.18 Å². The molecular formula is C19H19FN6O. The molecule has 3 heterocycles. The molecule has 1 aliphatic heterocycles. The van der Waals surface area contributed by atoms with E-state index in [-0.39, 0.29) is 11.5 Å². The number of carbonyl (C=O) groups is 1. The third kappa shape index (κ3) is 2.63. The van der Waals surface area contributed by atoms with Crippen LogP contribution in [0.4, 0.5) is 10.2 Å². The van der Waals surface area contributed by atoms with Crippen LogP contribution in [0, 0.1) is 5.82 Å². The number of nitrogens with zero attached hydrogens (tertiary/aromatic N) is 6. The topological polar surface area (TPSA) is 66.6 Å². The quantitative estimate of drug-likeness (QED) is 0.691. The first-order chi connectivity index (χ1) is 13.2. The molecule has 7 nitrogen and oxygen atoms in total. The lowest BCUT2D eigenvalue weighted by Gasteiger charge is -2.36. The van der Waals surface area contributed by atoms with Crippen LogP contribution in [0.2, 0.25) is 0 Å². The molecule has 1 fully saturated rings. The lowest BCUT2D eigenvalue weighted by atomic mass is 10.1. The summed E-state index contributed by atoms with van der Waals surface area (Å²) in [5, 5.41) is 4.36. The standard InChI is InChI=1S/C19H19FN6O/c20-15-6-2-1-4-13(15)18(27)25-10-8-24(9-11-25)17-14-5-3-7-16(14)23-19-21-12-22-26(17)19/h1-2,4,6,12H,3,5,7-11H2. The largest absolute Gasteiger partial charge is 0.353 e. The summed E-state index contributed by atoms with van der Waals surface area (Å²) in [6.07, 6.45) is 4.58. The van der Waals surface area contributed by atoms with Gasteiger partial charge in [-0.1, -0.05) is 12.1 Å². The summed E-state index contributed by atoms with van der Waals surface area (Å²) in [6.45, 7) is 2.43. The Morgan fingerprint density at radius 1 is 1.07 bits per heavy atom. The van der Waals surface area contributed by atoms with Crippen molar-refractivity contribution in [2.24, 2.45) is 0 Å². The highest BCUT2D eigenvalue weighted by Crippen LogP contribution is 2.31. The van der Waals surface area contributed by atoms with Gasteiger partial charge < -0.3 is 9.80 Å². The van der Waals surface area contributed by atoms with Gasteiger partial charge >= 0.3 is 0 Å². The number of aryl methyl sites for hydroxylation is 1. The predicted molar refractivity (Wildman–Crippen MR) is 97.3 cm³/mol. The van der Waals surface area contributed by atoms with Gasteiger partial charge in [-0.05, 0) is 31.4 Å². The second-order valence-electron chi connectivity index (χ2n) is 6.95. The van der Waals surface area contributed by atoms with Crippen LogP contribution in [-0.2, 0) is 12.8 Å². The molecule has 1 amide bonds. The highest BCUT2D eigenvalue weighted by molar-refractivity contribution is 5.94. The van der Waals surface area contributed by atoms with Crippen molar-refractivity contribution in [1.29, 1.82) is 0 Å². The number of hydrogen-bond acceptors (Lipinski definition) is 5.